The first-order valence-corrected chi connectivity index (χ1v) is 15.6. The fourth-order valence-electron chi connectivity index (χ4n) is 4.44. The Morgan fingerprint density at radius 1 is 0.562 bits per heavy atom. The first kappa shape index (κ1) is 27.5. The zero-order chi connectivity index (χ0) is 22.7. The van der Waals surface area contributed by atoms with Crippen LogP contribution in [0.25, 0.3) is 9.40 Å². The van der Waals surface area contributed by atoms with Crippen LogP contribution in [0.4, 0.5) is 0 Å². The highest BCUT2D eigenvalue weighted by molar-refractivity contribution is 7.26. The summed E-state index contributed by atoms with van der Waals surface area (Å²) in [6.45, 7) is 4.58. The maximum absolute atomic E-state index is 3.48. The fourth-order valence-corrected chi connectivity index (χ4v) is 6.79. The average Bonchev–Trinajstić information content (AvgIpc) is 3.39. The maximum atomic E-state index is 3.48. The van der Waals surface area contributed by atoms with Gasteiger partial charge in [-0.15, -0.1) is 22.7 Å². The summed E-state index contributed by atoms with van der Waals surface area (Å²) in [6, 6.07) is 0. The highest BCUT2D eigenvalue weighted by atomic mass is 32.1. The molecular formula is C30H48S2. The molecule has 0 bridgehead atoms. The Labute approximate surface area is 207 Å². The van der Waals surface area contributed by atoms with Crippen molar-refractivity contribution < 1.29 is 0 Å². The van der Waals surface area contributed by atoms with Crippen LogP contribution >= 0.6 is 22.7 Å². The lowest BCUT2D eigenvalue weighted by molar-refractivity contribution is 0.556. The van der Waals surface area contributed by atoms with Crippen LogP contribution in [0.15, 0.2) is 10.8 Å². The molecule has 2 rings (SSSR count). The van der Waals surface area contributed by atoms with Crippen LogP contribution in [0.5, 0.6) is 0 Å². The normalized spacial score (nSPS) is 11.2. The molecule has 0 aliphatic carbocycles. The van der Waals surface area contributed by atoms with Crippen LogP contribution in [0.1, 0.15) is 147 Å². The highest BCUT2D eigenvalue weighted by Gasteiger charge is 2.09. The van der Waals surface area contributed by atoms with E-state index in [9.17, 15) is 0 Å². The number of hydrogen-bond acceptors (Lipinski definition) is 2. The average molecular weight is 473 g/mol. The van der Waals surface area contributed by atoms with Gasteiger partial charge in [0.2, 0.25) is 0 Å². The van der Waals surface area contributed by atoms with Crippen molar-refractivity contribution in [2.75, 3.05) is 0 Å². The van der Waals surface area contributed by atoms with Crippen molar-refractivity contribution in [3.05, 3.63) is 21.9 Å². The fraction of sp³-hybridized carbons (Fsp3) is 0.733. The van der Waals surface area contributed by atoms with Crippen LogP contribution in [0, 0.1) is 11.8 Å². The quantitative estimate of drug-likeness (QED) is 0.141. The zero-order valence-electron chi connectivity index (χ0n) is 21.1. The zero-order valence-corrected chi connectivity index (χ0v) is 22.7. The molecule has 32 heavy (non-hydrogen) atoms. The Kier molecular flexibility index (Phi) is 16.0. The van der Waals surface area contributed by atoms with E-state index in [-0.39, 0.29) is 0 Å². The molecular weight excluding hydrogens is 424 g/mol. The predicted molar refractivity (Wildman–Crippen MR) is 149 cm³/mol. The van der Waals surface area contributed by atoms with E-state index in [4.69, 9.17) is 0 Å². The Hall–Kier alpha value is -0.780. The second-order valence-corrected chi connectivity index (χ2v) is 11.3. The van der Waals surface area contributed by atoms with Crippen molar-refractivity contribution in [1.29, 1.82) is 0 Å². The van der Waals surface area contributed by atoms with Gasteiger partial charge in [0.1, 0.15) is 0 Å². The summed E-state index contributed by atoms with van der Waals surface area (Å²) in [4.78, 5) is 0. The molecule has 0 aromatic carbocycles. The second kappa shape index (κ2) is 18.6. The number of thiophene rings is 2. The van der Waals surface area contributed by atoms with Gasteiger partial charge in [0.05, 0.1) is 10.3 Å². The van der Waals surface area contributed by atoms with Gasteiger partial charge in [-0.05, 0) is 30.2 Å². The van der Waals surface area contributed by atoms with Gasteiger partial charge in [-0.2, -0.15) is 0 Å². The van der Waals surface area contributed by atoms with Crippen molar-refractivity contribution in [3.8, 4) is 11.8 Å². The van der Waals surface area contributed by atoms with Gasteiger partial charge in [0, 0.05) is 16.5 Å². The van der Waals surface area contributed by atoms with E-state index in [1.165, 1.54) is 137 Å². The monoisotopic (exact) mass is 472 g/mol. The van der Waals surface area contributed by atoms with Gasteiger partial charge in [-0.25, -0.2) is 0 Å². The van der Waals surface area contributed by atoms with E-state index in [0.717, 1.165) is 6.42 Å². The lowest BCUT2D eigenvalue weighted by Crippen LogP contribution is -1.85. The Morgan fingerprint density at radius 3 is 1.66 bits per heavy atom. The first-order chi connectivity index (χ1) is 15.9. The minimum atomic E-state index is 1.06. The van der Waals surface area contributed by atoms with E-state index in [1.54, 1.807) is 5.56 Å². The molecule has 0 aliphatic rings. The first-order valence-electron chi connectivity index (χ1n) is 13.8. The lowest BCUT2D eigenvalue weighted by Gasteiger charge is -2.02. The number of hydrogen-bond donors (Lipinski definition) is 0. The Bertz CT molecular complexity index is 755. The summed E-state index contributed by atoms with van der Waals surface area (Å²) in [5, 5.41) is 4.70. The molecule has 0 aliphatic heterocycles. The minimum Gasteiger partial charge on any atom is -0.141 e. The maximum Gasteiger partial charge on any atom is 0.0610 e. The number of aryl methyl sites for hydroxylation is 1. The molecule has 0 radical (unpaired) electrons. The van der Waals surface area contributed by atoms with Crippen molar-refractivity contribution >= 4 is 32.1 Å². The van der Waals surface area contributed by atoms with Crippen molar-refractivity contribution in [2.45, 2.75) is 142 Å². The van der Waals surface area contributed by atoms with Gasteiger partial charge in [-0.1, -0.05) is 128 Å². The third kappa shape index (κ3) is 11.4. The van der Waals surface area contributed by atoms with Crippen molar-refractivity contribution in [2.24, 2.45) is 0 Å². The SMILES string of the molecule is CCCCCCCCCCC#Cc1csc2c(CCCCCCCCCCCC)csc12. The molecule has 0 atom stereocenters. The summed E-state index contributed by atoms with van der Waals surface area (Å²) >= 11 is 3.84. The summed E-state index contributed by atoms with van der Waals surface area (Å²) in [5.74, 6) is 6.93. The third-order valence-electron chi connectivity index (χ3n) is 6.53. The third-order valence-corrected chi connectivity index (χ3v) is 8.78. The molecule has 0 nitrogen and oxygen atoms in total. The molecule has 2 heterocycles. The van der Waals surface area contributed by atoms with Crippen LogP contribution < -0.4 is 0 Å². The molecule has 0 saturated carbocycles. The smallest absolute Gasteiger partial charge is 0.0610 e. The topological polar surface area (TPSA) is 0 Å². The van der Waals surface area contributed by atoms with Gasteiger partial charge < -0.3 is 0 Å². The standard InChI is InChI=1S/C30H48S2/c1-3-5-7-9-11-13-15-17-19-21-23-27-25-31-30-28(26-32-29(27)30)24-22-20-18-16-14-12-10-8-6-4-2/h25-26H,3-21,23H2,1-2H3. The molecule has 2 aromatic rings. The molecule has 180 valence electrons. The molecule has 2 heteroatoms. The van der Waals surface area contributed by atoms with Crippen LogP contribution in [-0.2, 0) is 6.42 Å². The van der Waals surface area contributed by atoms with E-state index < -0.39 is 0 Å². The molecule has 0 N–H and O–H groups in total. The largest absolute Gasteiger partial charge is 0.141 e. The number of fused-ring (bicyclic) bond motifs is 1. The van der Waals surface area contributed by atoms with E-state index >= 15 is 0 Å². The van der Waals surface area contributed by atoms with E-state index in [0.29, 0.717) is 0 Å². The molecule has 0 saturated heterocycles. The van der Waals surface area contributed by atoms with Crippen LogP contribution in [0.3, 0.4) is 0 Å². The van der Waals surface area contributed by atoms with E-state index in [1.807, 2.05) is 22.7 Å². The molecule has 0 amide bonds. The van der Waals surface area contributed by atoms with Gasteiger partial charge in [0.25, 0.3) is 0 Å². The number of unbranched alkanes of at least 4 members (excludes halogenated alkanes) is 17. The van der Waals surface area contributed by atoms with Gasteiger partial charge in [-0.3, -0.25) is 0 Å². The van der Waals surface area contributed by atoms with Gasteiger partial charge >= 0.3 is 0 Å². The Balaban J connectivity index is 1.57. The van der Waals surface area contributed by atoms with Crippen LogP contribution in [0.2, 0.25) is 0 Å². The van der Waals surface area contributed by atoms with Gasteiger partial charge in [0.15, 0.2) is 0 Å². The second-order valence-electron chi connectivity index (χ2n) is 9.53. The summed E-state index contributed by atoms with van der Waals surface area (Å²) in [5.41, 5.74) is 2.86. The minimum absolute atomic E-state index is 1.06. The summed E-state index contributed by atoms with van der Waals surface area (Å²) in [7, 11) is 0. The van der Waals surface area contributed by atoms with Crippen molar-refractivity contribution in [3.63, 3.8) is 0 Å². The van der Waals surface area contributed by atoms with Crippen molar-refractivity contribution in [1.82, 2.24) is 0 Å². The molecule has 2 aromatic heterocycles. The molecule has 0 spiro atoms. The molecule has 0 unspecified atom stereocenters. The van der Waals surface area contributed by atoms with E-state index in [2.05, 4.69) is 36.4 Å². The number of rotatable bonds is 19. The Morgan fingerprint density at radius 2 is 1.06 bits per heavy atom. The lowest BCUT2D eigenvalue weighted by atomic mass is 10.0. The summed E-state index contributed by atoms with van der Waals surface area (Å²) in [6.07, 6.45) is 27.5. The predicted octanol–water partition coefficient (Wildman–Crippen LogP) is 11.3. The highest BCUT2D eigenvalue weighted by Crippen LogP contribution is 2.35. The molecule has 0 fully saturated rings. The summed E-state index contributed by atoms with van der Waals surface area (Å²) < 4.78 is 2.96. The van der Waals surface area contributed by atoms with Crippen LogP contribution in [-0.4, -0.2) is 0 Å².